The molecule has 0 radical (unpaired) electrons. The molecule has 4 rings (SSSR count). The highest BCUT2D eigenvalue weighted by Crippen LogP contribution is 2.29. The van der Waals surface area contributed by atoms with Crippen LogP contribution in [0.5, 0.6) is 17.4 Å². The van der Waals surface area contributed by atoms with E-state index < -0.39 is 0 Å². The van der Waals surface area contributed by atoms with Crippen molar-refractivity contribution >= 4 is 11.6 Å². The molecule has 2 heterocycles. The van der Waals surface area contributed by atoms with Crippen molar-refractivity contribution in [1.29, 1.82) is 0 Å². The van der Waals surface area contributed by atoms with E-state index in [4.69, 9.17) is 9.47 Å². The van der Waals surface area contributed by atoms with E-state index in [0.717, 1.165) is 29.3 Å². The van der Waals surface area contributed by atoms with Gasteiger partial charge in [0.25, 0.3) is 0 Å². The van der Waals surface area contributed by atoms with Crippen molar-refractivity contribution in [2.45, 2.75) is 46.0 Å². The minimum atomic E-state index is 0.0524. The number of aryl methyl sites for hydroxylation is 1. The molecule has 6 heteroatoms. The number of likely N-dealkylation sites (tertiary alicyclic amines) is 1. The third kappa shape index (κ3) is 6.45. The Balaban J connectivity index is 1.37. The standard InChI is InChI=1S/C27H34N4O2/c1-20-19-28-26(30-25(20)33-24-9-7-8-21(18-24)27(2,3)4)29-22-10-12-23(13-11-22)32-17-16-31-14-5-6-15-31/h7-13,18-19H,5-6,14-17H2,1-4H3,(H,28,29,30). The molecule has 0 bridgehead atoms. The summed E-state index contributed by atoms with van der Waals surface area (Å²) >= 11 is 0. The Morgan fingerprint density at radius 2 is 1.76 bits per heavy atom. The van der Waals surface area contributed by atoms with Crippen molar-refractivity contribution in [3.63, 3.8) is 0 Å². The summed E-state index contributed by atoms with van der Waals surface area (Å²) < 4.78 is 12.0. The molecule has 1 aliphatic rings. The summed E-state index contributed by atoms with van der Waals surface area (Å²) in [7, 11) is 0. The first-order chi connectivity index (χ1) is 15.9. The van der Waals surface area contributed by atoms with E-state index in [1.807, 2.05) is 43.3 Å². The molecule has 2 aromatic carbocycles. The third-order valence-electron chi connectivity index (χ3n) is 5.83. The Kier molecular flexibility index (Phi) is 7.14. The van der Waals surface area contributed by atoms with Gasteiger partial charge in [-0.25, -0.2) is 4.98 Å². The molecule has 0 atom stereocenters. The number of aromatic nitrogens is 2. The number of anilines is 2. The fraction of sp³-hybridized carbons (Fsp3) is 0.407. The van der Waals surface area contributed by atoms with Crippen LogP contribution in [0.25, 0.3) is 0 Å². The minimum Gasteiger partial charge on any atom is -0.492 e. The Morgan fingerprint density at radius 3 is 2.48 bits per heavy atom. The first kappa shape index (κ1) is 23.1. The maximum atomic E-state index is 6.11. The van der Waals surface area contributed by atoms with Gasteiger partial charge in [-0.1, -0.05) is 32.9 Å². The van der Waals surface area contributed by atoms with Gasteiger partial charge in [0, 0.05) is 24.0 Å². The Bertz CT molecular complexity index is 1050. The fourth-order valence-corrected chi connectivity index (χ4v) is 3.79. The molecule has 174 valence electrons. The highest BCUT2D eigenvalue weighted by Gasteiger charge is 2.15. The first-order valence-electron chi connectivity index (χ1n) is 11.7. The summed E-state index contributed by atoms with van der Waals surface area (Å²) in [5.41, 5.74) is 3.04. The summed E-state index contributed by atoms with van der Waals surface area (Å²) in [5.74, 6) is 2.67. The average Bonchev–Trinajstić information content (AvgIpc) is 3.30. The van der Waals surface area contributed by atoms with Crippen molar-refractivity contribution in [2.24, 2.45) is 0 Å². The molecule has 0 aliphatic carbocycles. The van der Waals surface area contributed by atoms with Gasteiger partial charge >= 0.3 is 0 Å². The minimum absolute atomic E-state index is 0.0524. The maximum absolute atomic E-state index is 6.11. The number of nitrogens with zero attached hydrogens (tertiary/aromatic N) is 3. The summed E-state index contributed by atoms with van der Waals surface area (Å²) in [6.07, 6.45) is 4.38. The third-order valence-corrected chi connectivity index (χ3v) is 5.83. The van der Waals surface area contributed by atoms with Gasteiger partial charge in [-0.05, 0) is 80.2 Å². The van der Waals surface area contributed by atoms with E-state index >= 15 is 0 Å². The zero-order chi connectivity index (χ0) is 23.3. The van der Waals surface area contributed by atoms with Gasteiger partial charge in [0.1, 0.15) is 18.1 Å². The van der Waals surface area contributed by atoms with E-state index in [1.165, 1.54) is 31.5 Å². The molecule has 1 aromatic heterocycles. The van der Waals surface area contributed by atoms with Gasteiger partial charge in [0.15, 0.2) is 0 Å². The highest BCUT2D eigenvalue weighted by atomic mass is 16.5. The maximum Gasteiger partial charge on any atom is 0.230 e. The molecule has 0 unspecified atom stereocenters. The zero-order valence-corrected chi connectivity index (χ0v) is 20.1. The monoisotopic (exact) mass is 446 g/mol. The van der Waals surface area contributed by atoms with E-state index in [9.17, 15) is 0 Å². The second-order valence-corrected chi connectivity index (χ2v) is 9.61. The van der Waals surface area contributed by atoms with Crippen molar-refractivity contribution in [3.05, 3.63) is 65.9 Å². The molecule has 1 aliphatic heterocycles. The molecular formula is C27H34N4O2. The lowest BCUT2D eigenvalue weighted by Gasteiger charge is -2.19. The van der Waals surface area contributed by atoms with Gasteiger partial charge in [-0.15, -0.1) is 0 Å². The molecule has 0 spiro atoms. The van der Waals surface area contributed by atoms with E-state index in [0.29, 0.717) is 18.4 Å². The topological polar surface area (TPSA) is 59.5 Å². The SMILES string of the molecule is Cc1cnc(Nc2ccc(OCCN3CCCC3)cc2)nc1Oc1cccc(C(C)(C)C)c1. The fourth-order valence-electron chi connectivity index (χ4n) is 3.79. The molecular weight excluding hydrogens is 412 g/mol. The quantitative estimate of drug-likeness (QED) is 0.452. The van der Waals surface area contributed by atoms with E-state index in [-0.39, 0.29) is 5.41 Å². The van der Waals surface area contributed by atoms with Crippen LogP contribution in [0.2, 0.25) is 0 Å². The van der Waals surface area contributed by atoms with Crippen molar-refractivity contribution in [3.8, 4) is 17.4 Å². The summed E-state index contributed by atoms with van der Waals surface area (Å²) in [6, 6.07) is 16.0. The number of nitrogens with one attached hydrogen (secondary N) is 1. The largest absolute Gasteiger partial charge is 0.492 e. The molecule has 1 fully saturated rings. The molecule has 33 heavy (non-hydrogen) atoms. The predicted octanol–water partition coefficient (Wildman–Crippen LogP) is 6.09. The molecule has 1 N–H and O–H groups in total. The Hall–Kier alpha value is -3.12. The average molecular weight is 447 g/mol. The molecule has 0 amide bonds. The van der Waals surface area contributed by atoms with Gasteiger partial charge < -0.3 is 14.8 Å². The Labute approximate surface area is 197 Å². The Morgan fingerprint density at radius 1 is 1.00 bits per heavy atom. The summed E-state index contributed by atoms with van der Waals surface area (Å²) in [6.45, 7) is 12.6. The van der Waals surface area contributed by atoms with Crippen LogP contribution >= 0.6 is 0 Å². The van der Waals surface area contributed by atoms with Gasteiger partial charge in [0.05, 0.1) is 0 Å². The van der Waals surface area contributed by atoms with Crippen LogP contribution in [0.1, 0.15) is 44.7 Å². The van der Waals surface area contributed by atoms with Gasteiger partial charge in [0.2, 0.25) is 11.8 Å². The lowest BCUT2D eigenvalue weighted by molar-refractivity contribution is 0.238. The van der Waals surface area contributed by atoms with E-state index in [2.05, 4.69) is 53.1 Å². The van der Waals surface area contributed by atoms with Crippen LogP contribution in [0.15, 0.2) is 54.7 Å². The van der Waals surface area contributed by atoms with Crippen LogP contribution in [0, 0.1) is 6.92 Å². The highest BCUT2D eigenvalue weighted by molar-refractivity contribution is 5.55. The van der Waals surface area contributed by atoms with E-state index in [1.54, 1.807) is 6.20 Å². The number of rotatable bonds is 8. The lowest BCUT2D eigenvalue weighted by Crippen LogP contribution is -2.25. The normalized spacial score (nSPS) is 14.3. The summed E-state index contributed by atoms with van der Waals surface area (Å²) in [5, 5.41) is 3.26. The zero-order valence-electron chi connectivity index (χ0n) is 20.1. The van der Waals surface area contributed by atoms with Crippen LogP contribution in [-0.4, -0.2) is 41.1 Å². The number of benzene rings is 2. The number of ether oxygens (including phenoxy) is 2. The smallest absolute Gasteiger partial charge is 0.230 e. The first-order valence-corrected chi connectivity index (χ1v) is 11.7. The molecule has 3 aromatic rings. The van der Waals surface area contributed by atoms with Crippen molar-refractivity contribution in [2.75, 3.05) is 31.6 Å². The van der Waals surface area contributed by atoms with Gasteiger partial charge in [-0.3, -0.25) is 4.90 Å². The van der Waals surface area contributed by atoms with Crippen molar-refractivity contribution in [1.82, 2.24) is 14.9 Å². The van der Waals surface area contributed by atoms with Crippen LogP contribution < -0.4 is 14.8 Å². The number of hydrogen-bond donors (Lipinski definition) is 1. The van der Waals surface area contributed by atoms with Crippen LogP contribution in [-0.2, 0) is 5.41 Å². The second-order valence-electron chi connectivity index (χ2n) is 9.61. The lowest BCUT2D eigenvalue weighted by atomic mass is 9.87. The van der Waals surface area contributed by atoms with Crippen LogP contribution in [0.3, 0.4) is 0 Å². The molecule has 1 saturated heterocycles. The second kappa shape index (κ2) is 10.2. The molecule has 6 nitrogen and oxygen atoms in total. The van der Waals surface area contributed by atoms with Crippen molar-refractivity contribution < 1.29 is 9.47 Å². The number of hydrogen-bond acceptors (Lipinski definition) is 6. The predicted molar refractivity (Wildman–Crippen MR) is 133 cm³/mol. The van der Waals surface area contributed by atoms with Crippen LogP contribution in [0.4, 0.5) is 11.6 Å². The summed E-state index contributed by atoms with van der Waals surface area (Å²) in [4.78, 5) is 11.4. The molecule has 0 saturated carbocycles. The van der Waals surface area contributed by atoms with Gasteiger partial charge in [-0.2, -0.15) is 4.98 Å².